The van der Waals surface area contributed by atoms with E-state index in [1.54, 1.807) is 24.5 Å². The van der Waals surface area contributed by atoms with Crippen molar-refractivity contribution >= 4 is 12.1 Å². The summed E-state index contributed by atoms with van der Waals surface area (Å²) < 4.78 is 0. The summed E-state index contributed by atoms with van der Waals surface area (Å²) in [6.07, 6.45) is 5.86. The van der Waals surface area contributed by atoms with Crippen LogP contribution in [0.5, 0.6) is 0 Å². The van der Waals surface area contributed by atoms with Gasteiger partial charge in [-0.2, -0.15) is 10.2 Å². The molecule has 1 amide bonds. The molecule has 0 spiro atoms. The number of pyridine rings is 1. The highest BCUT2D eigenvalue weighted by Crippen LogP contribution is 2.18. The van der Waals surface area contributed by atoms with Crippen LogP contribution >= 0.6 is 0 Å². The molecule has 3 aromatic rings. The number of rotatable bonds is 5. The lowest BCUT2D eigenvalue weighted by Gasteiger charge is -1.98. The van der Waals surface area contributed by atoms with Crippen LogP contribution in [0.2, 0.25) is 0 Å². The predicted octanol–water partition coefficient (Wildman–Crippen LogP) is 2.80. The third kappa shape index (κ3) is 3.73. The molecular formula is C18H17N5O. The summed E-state index contributed by atoms with van der Waals surface area (Å²) in [5.41, 5.74) is 6.56. The Hall–Kier alpha value is -3.28. The van der Waals surface area contributed by atoms with Crippen LogP contribution in [0.1, 0.15) is 28.5 Å². The number of benzene rings is 1. The van der Waals surface area contributed by atoms with Crippen molar-refractivity contribution < 1.29 is 4.79 Å². The highest BCUT2D eigenvalue weighted by atomic mass is 16.2. The summed E-state index contributed by atoms with van der Waals surface area (Å²) in [7, 11) is 0. The molecule has 0 fully saturated rings. The molecule has 0 aliphatic carbocycles. The van der Waals surface area contributed by atoms with Crippen molar-refractivity contribution in [2.75, 3.05) is 0 Å². The lowest BCUT2D eigenvalue weighted by Crippen LogP contribution is -2.18. The molecule has 3 rings (SSSR count). The molecule has 0 atom stereocenters. The molecule has 0 aliphatic rings. The fourth-order valence-corrected chi connectivity index (χ4v) is 2.18. The first-order valence-electron chi connectivity index (χ1n) is 7.64. The number of carbonyl (C=O) groups excluding carboxylic acids is 1. The molecule has 0 radical (unpaired) electrons. The Labute approximate surface area is 139 Å². The second-order valence-electron chi connectivity index (χ2n) is 5.20. The van der Waals surface area contributed by atoms with E-state index in [0.717, 1.165) is 23.2 Å². The zero-order valence-corrected chi connectivity index (χ0v) is 13.2. The van der Waals surface area contributed by atoms with E-state index in [0.29, 0.717) is 5.69 Å². The predicted molar refractivity (Wildman–Crippen MR) is 92.7 cm³/mol. The summed E-state index contributed by atoms with van der Waals surface area (Å²) in [5.74, 6) is -0.348. The van der Waals surface area contributed by atoms with Gasteiger partial charge >= 0.3 is 0 Å². The number of carbonyl (C=O) groups is 1. The molecule has 24 heavy (non-hydrogen) atoms. The Bertz CT molecular complexity index is 837. The standard InChI is InChI=1S/C18H17N5O/c1-2-13-5-7-15(8-6-13)16-10-17(22-21-16)18(24)23-20-12-14-4-3-9-19-11-14/h3-12H,2H2,1H3,(H,21,22)(H,23,24). The molecule has 0 saturated heterocycles. The minimum atomic E-state index is -0.348. The van der Waals surface area contributed by atoms with Crippen LogP contribution < -0.4 is 5.43 Å². The van der Waals surface area contributed by atoms with E-state index in [-0.39, 0.29) is 5.91 Å². The van der Waals surface area contributed by atoms with E-state index in [9.17, 15) is 4.79 Å². The molecule has 120 valence electrons. The number of hydrazone groups is 1. The van der Waals surface area contributed by atoms with Crippen LogP contribution in [-0.2, 0) is 6.42 Å². The zero-order chi connectivity index (χ0) is 16.8. The van der Waals surface area contributed by atoms with E-state index in [1.165, 1.54) is 11.8 Å². The lowest BCUT2D eigenvalue weighted by molar-refractivity contribution is 0.0950. The number of nitrogens with zero attached hydrogens (tertiary/aromatic N) is 3. The Morgan fingerprint density at radius 2 is 2.12 bits per heavy atom. The average Bonchev–Trinajstić information content (AvgIpc) is 3.13. The van der Waals surface area contributed by atoms with Crippen molar-refractivity contribution in [3.63, 3.8) is 0 Å². The number of aryl methyl sites for hydroxylation is 1. The summed E-state index contributed by atoms with van der Waals surface area (Å²) in [4.78, 5) is 16.0. The first-order chi connectivity index (χ1) is 11.8. The van der Waals surface area contributed by atoms with Crippen molar-refractivity contribution in [1.29, 1.82) is 0 Å². The van der Waals surface area contributed by atoms with Crippen molar-refractivity contribution in [3.05, 3.63) is 71.7 Å². The van der Waals surface area contributed by atoms with Gasteiger partial charge in [0.2, 0.25) is 0 Å². The first-order valence-corrected chi connectivity index (χ1v) is 7.64. The van der Waals surface area contributed by atoms with Gasteiger partial charge in [0.15, 0.2) is 0 Å². The van der Waals surface area contributed by atoms with Crippen LogP contribution in [0.25, 0.3) is 11.3 Å². The number of hydrogen-bond donors (Lipinski definition) is 2. The summed E-state index contributed by atoms with van der Waals surface area (Å²) in [5, 5.41) is 10.8. The van der Waals surface area contributed by atoms with Crippen LogP contribution in [0, 0.1) is 0 Å². The van der Waals surface area contributed by atoms with E-state index in [4.69, 9.17) is 0 Å². The molecule has 2 N–H and O–H groups in total. The maximum atomic E-state index is 12.1. The third-order valence-corrected chi connectivity index (χ3v) is 3.54. The maximum Gasteiger partial charge on any atom is 0.289 e. The van der Waals surface area contributed by atoms with Crippen molar-refractivity contribution in [3.8, 4) is 11.3 Å². The summed E-state index contributed by atoms with van der Waals surface area (Å²) in [6.45, 7) is 2.11. The summed E-state index contributed by atoms with van der Waals surface area (Å²) in [6, 6.07) is 13.5. The third-order valence-electron chi connectivity index (χ3n) is 3.54. The molecule has 6 nitrogen and oxygen atoms in total. The Balaban J connectivity index is 1.66. The minimum Gasteiger partial charge on any atom is -0.272 e. The van der Waals surface area contributed by atoms with Crippen LogP contribution in [-0.4, -0.2) is 27.3 Å². The molecule has 2 heterocycles. The minimum absolute atomic E-state index is 0.348. The van der Waals surface area contributed by atoms with Gasteiger partial charge in [0.1, 0.15) is 5.69 Å². The average molecular weight is 319 g/mol. The topological polar surface area (TPSA) is 83.0 Å². The van der Waals surface area contributed by atoms with Crippen molar-refractivity contribution in [1.82, 2.24) is 20.6 Å². The fraction of sp³-hybridized carbons (Fsp3) is 0.111. The van der Waals surface area contributed by atoms with Gasteiger partial charge in [0.25, 0.3) is 5.91 Å². The number of H-pyrrole nitrogens is 1. The van der Waals surface area contributed by atoms with E-state index < -0.39 is 0 Å². The van der Waals surface area contributed by atoms with Crippen LogP contribution in [0.4, 0.5) is 0 Å². The van der Waals surface area contributed by atoms with Crippen molar-refractivity contribution in [2.45, 2.75) is 13.3 Å². The highest BCUT2D eigenvalue weighted by Gasteiger charge is 2.10. The number of hydrogen-bond acceptors (Lipinski definition) is 4. The Kier molecular flexibility index (Phi) is 4.76. The summed E-state index contributed by atoms with van der Waals surface area (Å²) >= 11 is 0. The second kappa shape index (κ2) is 7.32. The maximum absolute atomic E-state index is 12.1. The number of aromatic nitrogens is 3. The van der Waals surface area contributed by atoms with Crippen molar-refractivity contribution in [2.24, 2.45) is 5.10 Å². The largest absolute Gasteiger partial charge is 0.289 e. The number of amides is 1. The van der Waals surface area contributed by atoms with Gasteiger partial charge in [-0.25, -0.2) is 5.43 Å². The van der Waals surface area contributed by atoms with Gasteiger partial charge in [-0.3, -0.25) is 14.9 Å². The van der Waals surface area contributed by atoms with Crippen LogP contribution in [0.15, 0.2) is 60.0 Å². The molecule has 0 bridgehead atoms. The molecule has 2 aromatic heterocycles. The Morgan fingerprint density at radius 1 is 1.29 bits per heavy atom. The quantitative estimate of drug-likeness (QED) is 0.560. The van der Waals surface area contributed by atoms with Gasteiger partial charge in [0, 0.05) is 23.5 Å². The molecule has 1 aromatic carbocycles. The van der Waals surface area contributed by atoms with Gasteiger partial charge in [-0.05, 0) is 24.1 Å². The fourth-order valence-electron chi connectivity index (χ4n) is 2.18. The lowest BCUT2D eigenvalue weighted by atomic mass is 10.1. The zero-order valence-electron chi connectivity index (χ0n) is 13.2. The van der Waals surface area contributed by atoms with Gasteiger partial charge in [-0.15, -0.1) is 0 Å². The number of nitrogens with one attached hydrogen (secondary N) is 2. The monoisotopic (exact) mass is 319 g/mol. The van der Waals surface area contributed by atoms with E-state index >= 15 is 0 Å². The molecule has 6 heteroatoms. The van der Waals surface area contributed by atoms with E-state index in [1.807, 2.05) is 18.2 Å². The van der Waals surface area contributed by atoms with Crippen LogP contribution in [0.3, 0.4) is 0 Å². The molecular weight excluding hydrogens is 302 g/mol. The molecule has 0 aliphatic heterocycles. The highest BCUT2D eigenvalue weighted by molar-refractivity contribution is 5.94. The van der Waals surface area contributed by atoms with E-state index in [2.05, 4.69) is 44.8 Å². The normalized spacial score (nSPS) is 10.9. The number of aromatic amines is 1. The van der Waals surface area contributed by atoms with Gasteiger partial charge < -0.3 is 0 Å². The van der Waals surface area contributed by atoms with Gasteiger partial charge in [-0.1, -0.05) is 37.3 Å². The molecule has 0 saturated carbocycles. The first kappa shape index (κ1) is 15.6. The molecule has 0 unspecified atom stereocenters. The Morgan fingerprint density at radius 3 is 2.83 bits per heavy atom. The second-order valence-corrected chi connectivity index (χ2v) is 5.20. The van der Waals surface area contributed by atoms with Gasteiger partial charge in [0.05, 0.1) is 11.9 Å². The smallest absolute Gasteiger partial charge is 0.272 e. The SMILES string of the molecule is CCc1ccc(-c2cc(C(=O)NN=Cc3cccnc3)[nH]n2)cc1.